The Morgan fingerprint density at radius 1 is 1.03 bits per heavy atom. The Hall–Kier alpha value is -3.71. The second-order valence-electron chi connectivity index (χ2n) is 9.09. The molecule has 3 N–H and O–H groups in total. The topological polar surface area (TPSA) is 79.7 Å². The van der Waals surface area contributed by atoms with Gasteiger partial charge in [-0.25, -0.2) is 4.98 Å². The minimum absolute atomic E-state index is 0.127. The molecular formula is C27H31N7. The number of aryl methyl sites for hydroxylation is 2. The third kappa shape index (κ3) is 4.79. The number of benzene rings is 1. The molecule has 0 fully saturated rings. The zero-order chi connectivity index (χ0) is 23.5. The number of nitrogens with one attached hydrogen (secondary N) is 3. The first-order valence-electron chi connectivity index (χ1n) is 11.8. The number of hydrogen-bond acceptors (Lipinski definition) is 6. The maximum absolute atomic E-state index is 4.74. The molecule has 4 aromatic rings. The number of aromatic nitrogens is 4. The fourth-order valence-corrected chi connectivity index (χ4v) is 4.44. The summed E-state index contributed by atoms with van der Waals surface area (Å²) in [6.07, 6.45) is 7.76. The molecule has 3 aromatic heterocycles. The van der Waals surface area contributed by atoms with Crippen LogP contribution in [0.4, 0.5) is 11.5 Å². The molecule has 1 aromatic carbocycles. The molecule has 0 aliphatic carbocycles. The van der Waals surface area contributed by atoms with Crippen LogP contribution in [0, 0.1) is 6.92 Å². The van der Waals surface area contributed by atoms with Gasteiger partial charge in [0.05, 0.1) is 24.0 Å². The van der Waals surface area contributed by atoms with Crippen LogP contribution >= 0.6 is 0 Å². The van der Waals surface area contributed by atoms with Crippen molar-refractivity contribution in [3.63, 3.8) is 0 Å². The fourth-order valence-electron chi connectivity index (χ4n) is 4.44. The first kappa shape index (κ1) is 22.1. The van der Waals surface area contributed by atoms with Gasteiger partial charge in [0.1, 0.15) is 5.82 Å². The lowest BCUT2D eigenvalue weighted by atomic mass is 9.95. The average molecular weight is 454 g/mol. The van der Waals surface area contributed by atoms with Gasteiger partial charge in [-0.2, -0.15) is 5.10 Å². The van der Waals surface area contributed by atoms with E-state index in [2.05, 4.69) is 81.5 Å². The normalized spacial score (nSPS) is 16.7. The maximum Gasteiger partial charge on any atom is 0.149 e. The van der Waals surface area contributed by atoms with Crippen molar-refractivity contribution in [2.24, 2.45) is 7.05 Å². The summed E-state index contributed by atoms with van der Waals surface area (Å²) in [5.41, 5.74) is 6.67. The number of rotatable bonds is 7. The molecule has 0 bridgehead atoms. The summed E-state index contributed by atoms with van der Waals surface area (Å²) in [7, 11) is 1.92. The van der Waals surface area contributed by atoms with Crippen LogP contribution in [-0.2, 0) is 7.05 Å². The fraction of sp³-hybridized carbons (Fsp3) is 0.296. The van der Waals surface area contributed by atoms with Crippen molar-refractivity contribution >= 4 is 11.5 Å². The van der Waals surface area contributed by atoms with E-state index in [1.165, 1.54) is 11.1 Å². The van der Waals surface area contributed by atoms with Gasteiger partial charge >= 0.3 is 0 Å². The highest BCUT2D eigenvalue weighted by Crippen LogP contribution is 2.32. The van der Waals surface area contributed by atoms with Crippen LogP contribution < -0.4 is 16.0 Å². The van der Waals surface area contributed by atoms with Gasteiger partial charge in [-0.05, 0) is 36.1 Å². The Morgan fingerprint density at radius 2 is 1.88 bits per heavy atom. The van der Waals surface area contributed by atoms with Crippen LogP contribution in [0.1, 0.15) is 35.7 Å². The summed E-state index contributed by atoms with van der Waals surface area (Å²) in [5.74, 6) is 1.23. The zero-order valence-electron chi connectivity index (χ0n) is 19.9. The zero-order valence-corrected chi connectivity index (χ0v) is 19.9. The predicted octanol–water partition coefficient (Wildman–Crippen LogP) is 4.53. The van der Waals surface area contributed by atoms with Crippen molar-refractivity contribution in [2.45, 2.75) is 31.8 Å². The molecule has 7 heteroatoms. The van der Waals surface area contributed by atoms with E-state index in [-0.39, 0.29) is 12.1 Å². The minimum atomic E-state index is 0.127. The molecule has 0 amide bonds. The van der Waals surface area contributed by atoms with E-state index in [1.54, 1.807) is 4.68 Å². The minimum Gasteiger partial charge on any atom is -0.380 e. The lowest BCUT2D eigenvalue weighted by Crippen LogP contribution is -2.45. The molecular weight excluding hydrogens is 422 g/mol. The van der Waals surface area contributed by atoms with Crippen LogP contribution in [0.2, 0.25) is 0 Å². The van der Waals surface area contributed by atoms with Gasteiger partial charge in [-0.3, -0.25) is 9.67 Å². The highest BCUT2D eigenvalue weighted by molar-refractivity contribution is 5.75. The van der Waals surface area contributed by atoms with E-state index in [0.29, 0.717) is 5.92 Å². The Morgan fingerprint density at radius 3 is 2.62 bits per heavy atom. The van der Waals surface area contributed by atoms with E-state index >= 15 is 0 Å². The third-order valence-electron chi connectivity index (χ3n) is 6.47. The predicted molar refractivity (Wildman–Crippen MR) is 137 cm³/mol. The van der Waals surface area contributed by atoms with E-state index in [1.807, 2.05) is 38.8 Å². The monoisotopic (exact) mass is 453 g/mol. The Labute approximate surface area is 200 Å². The second-order valence-corrected chi connectivity index (χ2v) is 9.09. The van der Waals surface area contributed by atoms with Gasteiger partial charge in [0.2, 0.25) is 0 Å². The molecule has 174 valence electrons. The lowest BCUT2D eigenvalue weighted by molar-refractivity contribution is 0.453. The molecule has 1 aliphatic heterocycles. The highest BCUT2D eigenvalue weighted by Gasteiger charge is 2.28. The van der Waals surface area contributed by atoms with Crippen LogP contribution in [-0.4, -0.2) is 38.9 Å². The van der Waals surface area contributed by atoms with Crippen LogP contribution in [0.25, 0.3) is 11.1 Å². The van der Waals surface area contributed by atoms with Crippen molar-refractivity contribution in [3.05, 3.63) is 90.1 Å². The second kappa shape index (κ2) is 9.65. The summed E-state index contributed by atoms with van der Waals surface area (Å²) < 4.78 is 1.81. The number of nitrogens with zero attached hydrogens (tertiary/aromatic N) is 4. The van der Waals surface area contributed by atoms with E-state index in [9.17, 15) is 0 Å². The smallest absolute Gasteiger partial charge is 0.149 e. The Balaban J connectivity index is 1.33. The van der Waals surface area contributed by atoms with Crippen LogP contribution in [0.5, 0.6) is 0 Å². The molecule has 0 spiro atoms. The molecule has 0 saturated heterocycles. The first-order chi connectivity index (χ1) is 16.6. The van der Waals surface area contributed by atoms with Crippen molar-refractivity contribution in [3.8, 4) is 11.1 Å². The number of pyridine rings is 2. The standard InChI is InChI=1S/C27H31N7/c1-18(21-10-9-19(2)28-13-21)12-30-26(20-7-5-4-6-8-20)25-16-29-24-11-22(14-31-27(24)33-25)23-15-32-34(3)17-23/h4-11,13-15,17-18,25-26,29-30H,12,16H2,1-3H3,(H,31,33)/t18-,25+,26+/m0/s1. The molecule has 4 heterocycles. The number of fused-ring (bicyclic) bond motifs is 1. The van der Waals surface area contributed by atoms with Gasteiger partial charge in [0, 0.05) is 55.5 Å². The molecule has 5 rings (SSSR count). The van der Waals surface area contributed by atoms with Gasteiger partial charge < -0.3 is 16.0 Å². The molecule has 1 aliphatic rings. The quantitative estimate of drug-likeness (QED) is 0.382. The molecule has 7 nitrogen and oxygen atoms in total. The summed E-state index contributed by atoms with van der Waals surface area (Å²) >= 11 is 0. The van der Waals surface area contributed by atoms with E-state index < -0.39 is 0 Å². The largest absolute Gasteiger partial charge is 0.380 e. The average Bonchev–Trinajstić information content (AvgIpc) is 3.31. The summed E-state index contributed by atoms with van der Waals surface area (Å²) in [4.78, 5) is 9.20. The molecule has 34 heavy (non-hydrogen) atoms. The van der Waals surface area contributed by atoms with Gasteiger partial charge in [0.25, 0.3) is 0 Å². The molecule has 0 radical (unpaired) electrons. The lowest BCUT2D eigenvalue weighted by Gasteiger charge is -2.35. The molecule has 3 atom stereocenters. The van der Waals surface area contributed by atoms with Crippen molar-refractivity contribution in [2.75, 3.05) is 23.7 Å². The van der Waals surface area contributed by atoms with E-state index in [4.69, 9.17) is 4.98 Å². The third-order valence-corrected chi connectivity index (χ3v) is 6.47. The van der Waals surface area contributed by atoms with E-state index in [0.717, 1.165) is 41.4 Å². The molecule has 0 saturated carbocycles. The summed E-state index contributed by atoms with van der Waals surface area (Å²) in [5, 5.41) is 15.4. The van der Waals surface area contributed by atoms with Crippen molar-refractivity contribution in [1.29, 1.82) is 0 Å². The summed E-state index contributed by atoms with van der Waals surface area (Å²) in [6, 6.07) is 17.3. The van der Waals surface area contributed by atoms with Crippen molar-refractivity contribution < 1.29 is 0 Å². The van der Waals surface area contributed by atoms with Gasteiger partial charge in [0.15, 0.2) is 0 Å². The van der Waals surface area contributed by atoms with Crippen LogP contribution in [0.3, 0.4) is 0 Å². The first-order valence-corrected chi connectivity index (χ1v) is 11.8. The van der Waals surface area contributed by atoms with Crippen molar-refractivity contribution in [1.82, 2.24) is 25.1 Å². The van der Waals surface area contributed by atoms with Gasteiger partial charge in [-0.15, -0.1) is 0 Å². The Kier molecular flexibility index (Phi) is 6.27. The van der Waals surface area contributed by atoms with Crippen LogP contribution in [0.15, 0.2) is 73.3 Å². The molecule has 0 unspecified atom stereocenters. The maximum atomic E-state index is 4.74. The summed E-state index contributed by atoms with van der Waals surface area (Å²) in [6.45, 7) is 5.90. The highest BCUT2D eigenvalue weighted by atomic mass is 15.2. The number of anilines is 2. The Bertz CT molecular complexity index is 1230. The SMILES string of the molecule is Cc1ccc([C@@H](C)CN[C@H](c2ccccc2)[C@H]2CNc3cc(-c4cnn(C)c4)cnc3N2)cn1. The van der Waals surface area contributed by atoms with Gasteiger partial charge in [-0.1, -0.05) is 43.3 Å². The number of hydrogen-bond donors (Lipinski definition) is 3.